The van der Waals surface area contributed by atoms with Gasteiger partial charge in [-0.3, -0.25) is 24.3 Å². The Labute approximate surface area is 130 Å². The van der Waals surface area contributed by atoms with Crippen LogP contribution < -0.4 is 0 Å². The van der Waals surface area contributed by atoms with Gasteiger partial charge in [0.05, 0.1) is 10.8 Å². The molecule has 1 rings (SSSR count). The lowest BCUT2D eigenvalue weighted by Crippen LogP contribution is -2.32. The van der Waals surface area contributed by atoms with Crippen LogP contribution in [0.25, 0.3) is 0 Å². The van der Waals surface area contributed by atoms with Crippen molar-refractivity contribution in [2.24, 2.45) is 5.92 Å². The Morgan fingerprint density at radius 3 is 2.00 bits per heavy atom. The quantitative estimate of drug-likeness (QED) is 0.220. The van der Waals surface area contributed by atoms with Gasteiger partial charge in [-0.15, -0.1) is 0 Å². The van der Waals surface area contributed by atoms with Crippen molar-refractivity contribution < 1.29 is 37.7 Å². The Morgan fingerprint density at radius 2 is 1.65 bits per heavy atom. The van der Waals surface area contributed by atoms with E-state index >= 15 is 0 Å². The summed E-state index contributed by atoms with van der Waals surface area (Å²) in [5.74, 6) is -5.76. The number of Topliss-reactive ketones (excluding diaryl/α,β-unsaturated/α-hetero) is 2. The van der Waals surface area contributed by atoms with Crippen LogP contribution in [0.4, 0.5) is 5.69 Å². The molecule has 0 saturated carbocycles. The minimum atomic E-state index is -5.04. The molecule has 3 N–H and O–H groups in total. The number of rotatable bonds is 6. The second-order valence-electron chi connectivity index (χ2n) is 4.80. The Bertz CT molecular complexity index is 770. The molecule has 1 unspecified atom stereocenters. The number of nitro groups is 1. The third-order valence-electron chi connectivity index (χ3n) is 3.12. The number of nitrogens with zero attached hydrogens (tertiary/aromatic N) is 1. The van der Waals surface area contributed by atoms with E-state index in [9.17, 15) is 42.9 Å². The van der Waals surface area contributed by atoms with Crippen molar-refractivity contribution in [1.82, 2.24) is 0 Å². The van der Waals surface area contributed by atoms with E-state index in [1.807, 2.05) is 0 Å². The van der Waals surface area contributed by atoms with Crippen LogP contribution in [0, 0.1) is 16.0 Å². The zero-order chi connectivity index (χ0) is 18.1. The van der Waals surface area contributed by atoms with Gasteiger partial charge >= 0.3 is 5.69 Å². The molecule has 0 saturated heterocycles. The van der Waals surface area contributed by atoms with Crippen LogP contribution in [0.5, 0.6) is 11.5 Å². The Kier molecular flexibility index (Phi) is 5.07. The minimum absolute atomic E-state index is 0.562. The number of hydrogen-bond acceptors (Lipinski definition) is 8. The summed E-state index contributed by atoms with van der Waals surface area (Å²) in [6.45, 7) is 1.83. The first-order valence-electron chi connectivity index (χ1n) is 6.05. The lowest BCUT2D eigenvalue weighted by molar-refractivity contribution is -0.386. The monoisotopic (exact) mass is 347 g/mol. The maximum Gasteiger partial charge on any atom is 0.314 e. The molecule has 126 valence electrons. The second-order valence-corrected chi connectivity index (χ2v) is 6.34. The average Bonchev–Trinajstić information content (AvgIpc) is 2.36. The molecule has 0 radical (unpaired) electrons. The number of hydrogen-bond donors (Lipinski definition) is 3. The maximum absolute atomic E-state index is 11.6. The number of aromatic hydroxyl groups is 2. The van der Waals surface area contributed by atoms with Gasteiger partial charge in [0.2, 0.25) is 5.75 Å². The second kappa shape index (κ2) is 6.30. The Morgan fingerprint density at radius 1 is 1.17 bits per heavy atom. The van der Waals surface area contributed by atoms with E-state index in [0.29, 0.717) is 12.1 Å². The lowest BCUT2D eigenvalue weighted by Gasteiger charge is -2.21. The first-order chi connectivity index (χ1) is 10.4. The van der Waals surface area contributed by atoms with Gasteiger partial charge in [-0.05, 0) is 25.5 Å². The van der Waals surface area contributed by atoms with Gasteiger partial charge in [0, 0.05) is 6.07 Å². The molecule has 0 aliphatic carbocycles. The molecule has 23 heavy (non-hydrogen) atoms. The normalized spacial score (nSPS) is 12.9. The van der Waals surface area contributed by atoms with Gasteiger partial charge in [0.15, 0.2) is 5.75 Å². The maximum atomic E-state index is 11.6. The highest BCUT2D eigenvalue weighted by Gasteiger charge is 2.41. The van der Waals surface area contributed by atoms with Crippen LogP contribution in [-0.4, -0.2) is 39.7 Å². The smallest absolute Gasteiger partial charge is 0.314 e. The number of benzene rings is 1. The lowest BCUT2D eigenvalue weighted by atomic mass is 9.91. The summed E-state index contributed by atoms with van der Waals surface area (Å²) >= 11 is 0. The zero-order valence-corrected chi connectivity index (χ0v) is 12.8. The summed E-state index contributed by atoms with van der Waals surface area (Å²) < 4.78 is 32.5. The standard InChI is InChI=1S/C12H13NO9S/c1-5(14)10(6(2)15)12(23(20,21)22)7-3-8(13(18)19)11(17)9(16)4-7/h3-4,10,12,16-17H,1-2H3,(H,20,21,22). The molecule has 0 amide bonds. The Hall–Kier alpha value is -2.53. The average molecular weight is 347 g/mol. The first kappa shape index (κ1) is 18.5. The first-order valence-corrected chi connectivity index (χ1v) is 7.55. The van der Waals surface area contributed by atoms with Crippen molar-refractivity contribution in [3.63, 3.8) is 0 Å². The van der Waals surface area contributed by atoms with Crippen LogP contribution >= 0.6 is 0 Å². The number of ketones is 2. The molecule has 1 atom stereocenters. The van der Waals surface area contributed by atoms with Crippen molar-refractivity contribution in [3.8, 4) is 11.5 Å². The molecular weight excluding hydrogens is 334 g/mol. The van der Waals surface area contributed by atoms with Crippen molar-refractivity contribution >= 4 is 27.4 Å². The van der Waals surface area contributed by atoms with Gasteiger partial charge in [-0.2, -0.15) is 8.42 Å². The molecule has 0 aliphatic rings. The fraction of sp³-hybridized carbons (Fsp3) is 0.333. The number of nitro benzene ring substituents is 1. The Balaban J connectivity index is 3.74. The van der Waals surface area contributed by atoms with E-state index in [1.54, 1.807) is 0 Å². The van der Waals surface area contributed by atoms with E-state index < -0.39 is 60.5 Å². The van der Waals surface area contributed by atoms with Crippen LogP contribution in [0.2, 0.25) is 0 Å². The molecule has 0 heterocycles. The van der Waals surface area contributed by atoms with E-state index in [-0.39, 0.29) is 0 Å². The van der Waals surface area contributed by atoms with Crippen LogP contribution in [0.3, 0.4) is 0 Å². The third kappa shape index (κ3) is 3.81. The van der Waals surface area contributed by atoms with E-state index in [4.69, 9.17) is 0 Å². The third-order valence-corrected chi connectivity index (χ3v) is 4.30. The molecule has 0 fully saturated rings. The summed E-state index contributed by atoms with van der Waals surface area (Å²) in [6, 6.07) is 1.19. The van der Waals surface area contributed by atoms with Crippen molar-refractivity contribution in [2.75, 3.05) is 0 Å². The highest BCUT2D eigenvalue weighted by atomic mass is 32.2. The van der Waals surface area contributed by atoms with Gasteiger partial charge in [-0.25, -0.2) is 0 Å². The van der Waals surface area contributed by atoms with E-state index in [1.165, 1.54) is 0 Å². The van der Waals surface area contributed by atoms with Gasteiger partial charge in [0.25, 0.3) is 10.1 Å². The summed E-state index contributed by atoms with van der Waals surface area (Å²) in [4.78, 5) is 32.9. The zero-order valence-electron chi connectivity index (χ0n) is 12.0. The molecular formula is C12H13NO9S. The molecule has 1 aromatic carbocycles. The number of phenols is 2. The van der Waals surface area contributed by atoms with E-state index in [2.05, 4.69) is 0 Å². The molecule has 10 nitrogen and oxygen atoms in total. The van der Waals surface area contributed by atoms with Crippen molar-refractivity contribution in [2.45, 2.75) is 19.1 Å². The number of carbonyl (C=O) groups is 2. The van der Waals surface area contributed by atoms with Crippen molar-refractivity contribution in [1.29, 1.82) is 0 Å². The largest absolute Gasteiger partial charge is 0.504 e. The van der Waals surface area contributed by atoms with Crippen LogP contribution in [0.15, 0.2) is 12.1 Å². The summed E-state index contributed by atoms with van der Waals surface area (Å²) in [6.07, 6.45) is 0. The van der Waals surface area contributed by atoms with Gasteiger partial charge in [-0.1, -0.05) is 0 Å². The topological polar surface area (TPSA) is 172 Å². The van der Waals surface area contributed by atoms with Gasteiger partial charge < -0.3 is 10.2 Å². The fourth-order valence-corrected chi connectivity index (χ4v) is 3.38. The summed E-state index contributed by atoms with van der Waals surface area (Å²) in [5.41, 5.74) is -1.62. The molecule has 0 aliphatic heterocycles. The predicted octanol–water partition coefficient (Wildman–Crippen LogP) is 0.729. The number of carbonyl (C=O) groups excluding carboxylic acids is 2. The molecule has 0 spiro atoms. The SMILES string of the molecule is CC(=O)C(C(C)=O)C(c1cc(O)c(O)c([N+](=O)[O-])c1)S(=O)(=O)O. The van der Waals surface area contributed by atoms with Crippen molar-refractivity contribution in [3.05, 3.63) is 27.8 Å². The van der Waals surface area contributed by atoms with Crippen LogP contribution in [0.1, 0.15) is 24.7 Å². The van der Waals surface area contributed by atoms with E-state index in [0.717, 1.165) is 13.8 Å². The highest BCUT2D eigenvalue weighted by Crippen LogP contribution is 2.41. The fourth-order valence-electron chi connectivity index (χ4n) is 2.18. The minimum Gasteiger partial charge on any atom is -0.504 e. The van der Waals surface area contributed by atoms with Gasteiger partial charge in [0.1, 0.15) is 16.8 Å². The molecule has 11 heteroatoms. The summed E-state index contributed by atoms with van der Waals surface area (Å²) in [7, 11) is -5.04. The number of phenolic OH excluding ortho intramolecular Hbond substituents is 2. The predicted molar refractivity (Wildman–Crippen MR) is 75.6 cm³/mol. The van der Waals surface area contributed by atoms with Crippen LogP contribution in [-0.2, 0) is 19.7 Å². The summed E-state index contributed by atoms with van der Waals surface area (Å²) in [5, 5.41) is 27.6. The highest BCUT2D eigenvalue weighted by molar-refractivity contribution is 7.86. The molecule has 0 bridgehead atoms. The molecule has 0 aromatic heterocycles. The molecule has 1 aromatic rings.